The molecule has 0 aliphatic carbocycles. The van der Waals surface area contributed by atoms with Crippen LogP contribution in [0.25, 0.3) is 5.57 Å². The number of halogens is 1. The van der Waals surface area contributed by atoms with Gasteiger partial charge in [0.25, 0.3) is 0 Å². The van der Waals surface area contributed by atoms with Crippen molar-refractivity contribution in [2.75, 3.05) is 19.7 Å². The SMILES string of the molecule is CCOC(=O)C=C(c1ccc(F)cc1)C1CCCN(C(=O)OC(C)(C)C)C1. The summed E-state index contributed by atoms with van der Waals surface area (Å²) >= 11 is 0. The quantitative estimate of drug-likeness (QED) is 0.576. The second-order valence-corrected chi connectivity index (χ2v) is 7.62. The molecule has 148 valence electrons. The lowest BCUT2D eigenvalue weighted by Crippen LogP contribution is -2.43. The highest BCUT2D eigenvalue weighted by Gasteiger charge is 2.30. The average molecular weight is 377 g/mol. The van der Waals surface area contributed by atoms with Gasteiger partial charge in [-0.1, -0.05) is 12.1 Å². The predicted molar refractivity (Wildman–Crippen MR) is 102 cm³/mol. The Morgan fingerprint density at radius 3 is 2.52 bits per heavy atom. The number of amides is 1. The summed E-state index contributed by atoms with van der Waals surface area (Å²) in [5.41, 5.74) is 0.937. The molecule has 1 aliphatic heterocycles. The number of likely N-dealkylation sites (tertiary alicyclic amines) is 1. The Balaban J connectivity index is 2.25. The number of benzene rings is 1. The molecule has 1 heterocycles. The van der Waals surface area contributed by atoms with Gasteiger partial charge in [0.05, 0.1) is 6.61 Å². The second kappa shape index (κ2) is 9.02. The summed E-state index contributed by atoms with van der Waals surface area (Å²) in [7, 11) is 0. The fourth-order valence-corrected chi connectivity index (χ4v) is 3.11. The highest BCUT2D eigenvalue weighted by molar-refractivity contribution is 5.92. The Bertz CT molecular complexity index is 691. The summed E-state index contributed by atoms with van der Waals surface area (Å²) < 4.78 is 23.8. The van der Waals surface area contributed by atoms with Crippen LogP contribution in [0.2, 0.25) is 0 Å². The maximum atomic E-state index is 13.3. The summed E-state index contributed by atoms with van der Waals surface area (Å²) in [6, 6.07) is 6.02. The Morgan fingerprint density at radius 1 is 1.26 bits per heavy atom. The lowest BCUT2D eigenvalue weighted by molar-refractivity contribution is -0.137. The maximum absolute atomic E-state index is 13.3. The minimum atomic E-state index is -0.565. The van der Waals surface area contributed by atoms with E-state index in [4.69, 9.17) is 9.47 Å². The largest absolute Gasteiger partial charge is 0.463 e. The zero-order valence-electron chi connectivity index (χ0n) is 16.5. The van der Waals surface area contributed by atoms with Gasteiger partial charge in [-0.25, -0.2) is 14.0 Å². The average Bonchev–Trinajstić information content (AvgIpc) is 2.59. The molecule has 0 bridgehead atoms. The van der Waals surface area contributed by atoms with Crippen molar-refractivity contribution < 1.29 is 23.5 Å². The van der Waals surface area contributed by atoms with Crippen LogP contribution in [0.3, 0.4) is 0 Å². The van der Waals surface area contributed by atoms with E-state index in [9.17, 15) is 14.0 Å². The minimum absolute atomic E-state index is 0.0545. The van der Waals surface area contributed by atoms with E-state index in [2.05, 4.69) is 0 Å². The number of esters is 1. The first-order valence-corrected chi connectivity index (χ1v) is 9.32. The smallest absolute Gasteiger partial charge is 0.410 e. The van der Waals surface area contributed by atoms with E-state index >= 15 is 0 Å². The molecule has 0 aromatic heterocycles. The molecule has 5 nitrogen and oxygen atoms in total. The number of piperidine rings is 1. The van der Waals surface area contributed by atoms with Crippen molar-refractivity contribution >= 4 is 17.6 Å². The van der Waals surface area contributed by atoms with Gasteiger partial charge < -0.3 is 14.4 Å². The number of carbonyl (C=O) groups excluding carboxylic acids is 2. The van der Waals surface area contributed by atoms with Crippen LogP contribution in [0.4, 0.5) is 9.18 Å². The van der Waals surface area contributed by atoms with E-state index in [0.717, 1.165) is 24.0 Å². The third-order valence-corrected chi connectivity index (χ3v) is 4.25. The number of nitrogens with zero attached hydrogens (tertiary/aromatic N) is 1. The van der Waals surface area contributed by atoms with E-state index in [-0.39, 0.29) is 24.4 Å². The third kappa shape index (κ3) is 6.38. The van der Waals surface area contributed by atoms with Crippen molar-refractivity contribution in [2.24, 2.45) is 5.92 Å². The summed E-state index contributed by atoms with van der Waals surface area (Å²) in [4.78, 5) is 26.2. The minimum Gasteiger partial charge on any atom is -0.463 e. The molecule has 1 aliphatic rings. The van der Waals surface area contributed by atoms with E-state index in [1.807, 2.05) is 20.8 Å². The Kier molecular flexibility index (Phi) is 6.99. The van der Waals surface area contributed by atoms with Gasteiger partial charge in [0, 0.05) is 25.1 Å². The van der Waals surface area contributed by atoms with Crippen LogP contribution < -0.4 is 0 Å². The third-order valence-electron chi connectivity index (χ3n) is 4.25. The summed E-state index contributed by atoms with van der Waals surface area (Å²) in [5, 5.41) is 0. The molecule has 1 amide bonds. The zero-order valence-corrected chi connectivity index (χ0v) is 16.5. The predicted octanol–water partition coefficient (Wildman–Crippen LogP) is 4.42. The van der Waals surface area contributed by atoms with Gasteiger partial charge in [-0.3, -0.25) is 0 Å². The first-order valence-electron chi connectivity index (χ1n) is 9.32. The highest BCUT2D eigenvalue weighted by Crippen LogP contribution is 2.32. The van der Waals surface area contributed by atoms with Gasteiger partial charge in [0.15, 0.2) is 0 Å². The zero-order chi connectivity index (χ0) is 20.0. The first kappa shape index (κ1) is 20.9. The van der Waals surface area contributed by atoms with Gasteiger partial charge >= 0.3 is 12.1 Å². The number of rotatable bonds is 4. The Hall–Kier alpha value is -2.37. The van der Waals surface area contributed by atoms with Crippen LogP contribution in [0.1, 0.15) is 46.1 Å². The van der Waals surface area contributed by atoms with E-state index in [0.29, 0.717) is 13.1 Å². The van der Waals surface area contributed by atoms with Gasteiger partial charge in [-0.05, 0) is 63.8 Å². The van der Waals surface area contributed by atoms with Gasteiger partial charge in [0.2, 0.25) is 0 Å². The maximum Gasteiger partial charge on any atom is 0.410 e. The van der Waals surface area contributed by atoms with Crippen molar-refractivity contribution in [3.05, 3.63) is 41.7 Å². The fourth-order valence-electron chi connectivity index (χ4n) is 3.11. The normalized spacial score (nSPS) is 18.2. The Morgan fingerprint density at radius 2 is 1.93 bits per heavy atom. The molecule has 1 fully saturated rings. The van der Waals surface area contributed by atoms with Crippen LogP contribution in [0.5, 0.6) is 0 Å². The molecule has 1 aromatic carbocycles. The molecule has 27 heavy (non-hydrogen) atoms. The molecule has 6 heteroatoms. The molecule has 1 atom stereocenters. The second-order valence-electron chi connectivity index (χ2n) is 7.62. The van der Waals surface area contributed by atoms with Crippen molar-refractivity contribution in [1.29, 1.82) is 0 Å². The number of carbonyl (C=O) groups is 2. The number of ether oxygens (including phenoxy) is 2. The molecule has 2 rings (SSSR count). The lowest BCUT2D eigenvalue weighted by Gasteiger charge is -2.35. The molecule has 1 unspecified atom stereocenters. The van der Waals surface area contributed by atoms with Gasteiger partial charge in [-0.2, -0.15) is 0 Å². The molecular weight excluding hydrogens is 349 g/mol. The van der Waals surface area contributed by atoms with Gasteiger partial charge in [-0.15, -0.1) is 0 Å². The first-order chi connectivity index (χ1) is 12.7. The van der Waals surface area contributed by atoms with Crippen molar-refractivity contribution in [3.63, 3.8) is 0 Å². The summed E-state index contributed by atoms with van der Waals surface area (Å²) in [6.45, 7) is 8.57. The highest BCUT2D eigenvalue weighted by atomic mass is 19.1. The summed E-state index contributed by atoms with van der Waals surface area (Å²) in [6.07, 6.45) is 2.72. The van der Waals surface area contributed by atoms with Crippen molar-refractivity contribution in [3.8, 4) is 0 Å². The van der Waals surface area contributed by atoms with E-state index < -0.39 is 11.6 Å². The molecule has 1 saturated heterocycles. The molecular formula is C21H28FNO4. The van der Waals surface area contributed by atoms with Crippen LogP contribution in [-0.2, 0) is 14.3 Å². The molecule has 1 aromatic rings. The van der Waals surface area contributed by atoms with E-state index in [1.54, 1.807) is 24.0 Å². The van der Waals surface area contributed by atoms with Crippen LogP contribution in [0.15, 0.2) is 30.3 Å². The standard InChI is InChI=1S/C21H28FNO4/c1-5-26-19(24)13-18(15-8-10-17(22)11-9-15)16-7-6-12-23(14-16)20(25)27-21(2,3)4/h8-11,13,16H,5-7,12,14H2,1-4H3. The van der Waals surface area contributed by atoms with E-state index in [1.165, 1.54) is 18.2 Å². The lowest BCUT2D eigenvalue weighted by atomic mass is 9.86. The van der Waals surface area contributed by atoms with Crippen molar-refractivity contribution in [2.45, 2.75) is 46.1 Å². The Labute approximate surface area is 160 Å². The molecule has 0 spiro atoms. The number of hydrogen-bond donors (Lipinski definition) is 0. The molecule has 0 saturated carbocycles. The topological polar surface area (TPSA) is 55.8 Å². The van der Waals surface area contributed by atoms with Crippen LogP contribution in [0, 0.1) is 11.7 Å². The number of hydrogen-bond acceptors (Lipinski definition) is 4. The summed E-state index contributed by atoms with van der Waals surface area (Å²) in [5.74, 6) is -0.833. The van der Waals surface area contributed by atoms with Crippen LogP contribution in [-0.4, -0.2) is 42.3 Å². The molecule has 0 N–H and O–H groups in total. The fraction of sp³-hybridized carbons (Fsp3) is 0.524. The van der Waals surface area contributed by atoms with Crippen LogP contribution >= 0.6 is 0 Å². The van der Waals surface area contributed by atoms with Gasteiger partial charge in [0.1, 0.15) is 11.4 Å². The monoisotopic (exact) mass is 377 g/mol. The van der Waals surface area contributed by atoms with Crippen molar-refractivity contribution in [1.82, 2.24) is 4.90 Å². The molecule has 0 radical (unpaired) electrons.